The Balaban J connectivity index is 2.73. The van der Waals surface area contributed by atoms with Crippen LogP contribution in [0.1, 0.15) is 33.2 Å². The van der Waals surface area contributed by atoms with E-state index in [2.05, 4.69) is 10.2 Å². The molecule has 1 aromatic rings. The lowest BCUT2D eigenvalue weighted by atomic mass is 10.2. The summed E-state index contributed by atoms with van der Waals surface area (Å²) >= 11 is 1.43. The Morgan fingerprint density at radius 1 is 1.56 bits per heavy atom. The summed E-state index contributed by atoms with van der Waals surface area (Å²) in [6, 6.07) is 0.177. The lowest BCUT2D eigenvalue weighted by Gasteiger charge is -2.10. The molecule has 0 radical (unpaired) electrons. The second-order valence-corrected chi connectivity index (χ2v) is 4.99. The third kappa shape index (κ3) is 3.49. The number of nitrogens with zero attached hydrogens (tertiary/aromatic N) is 3. The Labute approximate surface area is 110 Å². The fourth-order valence-electron chi connectivity index (χ4n) is 1.47. The van der Waals surface area contributed by atoms with E-state index < -0.39 is 5.97 Å². The van der Waals surface area contributed by atoms with Crippen LogP contribution in [-0.4, -0.2) is 31.6 Å². The number of nitrogen functional groups attached to an aromatic ring is 1. The molecule has 0 aromatic carbocycles. The summed E-state index contributed by atoms with van der Waals surface area (Å²) < 4.78 is 1.82. The zero-order chi connectivity index (χ0) is 13.7. The fraction of sp³-hybridized carbons (Fsp3) is 0.545. The van der Waals surface area contributed by atoms with Gasteiger partial charge in [-0.05, 0) is 20.3 Å². The lowest BCUT2D eigenvalue weighted by molar-refractivity contribution is -0.132. The van der Waals surface area contributed by atoms with E-state index in [1.54, 1.807) is 6.08 Å². The molecule has 0 spiro atoms. The minimum absolute atomic E-state index is 0.177. The van der Waals surface area contributed by atoms with Gasteiger partial charge in [-0.2, -0.15) is 0 Å². The Hall–Kier alpha value is -1.50. The maximum atomic E-state index is 10.8. The first-order valence-corrected chi connectivity index (χ1v) is 6.71. The normalized spacial score (nSPS) is 12.1. The summed E-state index contributed by atoms with van der Waals surface area (Å²) in [6.45, 7) is 5.81. The van der Waals surface area contributed by atoms with Crippen molar-refractivity contribution in [3.8, 4) is 0 Å². The van der Waals surface area contributed by atoms with Gasteiger partial charge in [-0.1, -0.05) is 24.8 Å². The summed E-state index contributed by atoms with van der Waals surface area (Å²) in [5.41, 5.74) is 6.12. The van der Waals surface area contributed by atoms with Gasteiger partial charge < -0.3 is 10.8 Å². The molecule has 0 bridgehead atoms. The average molecular weight is 270 g/mol. The molecule has 18 heavy (non-hydrogen) atoms. The SMILES string of the molecule is CCC(=CCSc1nnc(N)n1C(C)C)C(=O)O. The van der Waals surface area contributed by atoms with Crippen LogP contribution in [-0.2, 0) is 4.79 Å². The predicted octanol–water partition coefficient (Wildman–Crippen LogP) is 1.95. The van der Waals surface area contributed by atoms with Crippen molar-refractivity contribution >= 4 is 23.7 Å². The third-order valence-electron chi connectivity index (χ3n) is 2.41. The minimum atomic E-state index is -0.872. The van der Waals surface area contributed by atoms with Gasteiger partial charge in [-0.3, -0.25) is 4.57 Å². The highest BCUT2D eigenvalue weighted by Gasteiger charge is 2.12. The van der Waals surface area contributed by atoms with Crippen LogP contribution in [0.15, 0.2) is 16.8 Å². The quantitative estimate of drug-likeness (QED) is 0.606. The molecule has 6 nitrogen and oxygen atoms in total. The van der Waals surface area contributed by atoms with Crippen LogP contribution < -0.4 is 5.73 Å². The number of anilines is 1. The molecule has 0 unspecified atom stereocenters. The maximum absolute atomic E-state index is 10.8. The molecule has 0 atom stereocenters. The summed E-state index contributed by atoms with van der Waals surface area (Å²) in [4.78, 5) is 10.8. The van der Waals surface area contributed by atoms with Gasteiger partial charge in [0.05, 0.1) is 0 Å². The summed E-state index contributed by atoms with van der Waals surface area (Å²) in [5, 5.41) is 17.4. The number of nitrogens with two attached hydrogens (primary N) is 1. The zero-order valence-electron chi connectivity index (χ0n) is 10.8. The largest absolute Gasteiger partial charge is 0.478 e. The number of hydrogen-bond donors (Lipinski definition) is 2. The van der Waals surface area contributed by atoms with Crippen molar-refractivity contribution in [2.45, 2.75) is 38.4 Å². The van der Waals surface area contributed by atoms with Crippen LogP contribution in [0.25, 0.3) is 0 Å². The molecule has 100 valence electrons. The van der Waals surface area contributed by atoms with Gasteiger partial charge in [-0.25, -0.2) is 4.79 Å². The monoisotopic (exact) mass is 270 g/mol. The van der Waals surface area contributed by atoms with E-state index in [9.17, 15) is 4.79 Å². The van der Waals surface area contributed by atoms with Gasteiger partial charge >= 0.3 is 5.97 Å². The molecule has 7 heteroatoms. The number of hydrogen-bond acceptors (Lipinski definition) is 5. The van der Waals surface area contributed by atoms with Crippen molar-refractivity contribution in [1.82, 2.24) is 14.8 Å². The second-order valence-electron chi connectivity index (χ2n) is 4.00. The molecule has 0 aliphatic rings. The van der Waals surface area contributed by atoms with Gasteiger partial charge in [0.25, 0.3) is 0 Å². The number of aliphatic carboxylic acids is 1. The first kappa shape index (κ1) is 14.6. The molecule has 0 aliphatic carbocycles. The number of carbonyl (C=O) groups is 1. The van der Waals surface area contributed by atoms with E-state index in [1.165, 1.54) is 11.8 Å². The van der Waals surface area contributed by atoms with Crippen LogP contribution in [0.5, 0.6) is 0 Å². The zero-order valence-corrected chi connectivity index (χ0v) is 11.6. The molecule has 1 rings (SSSR count). The molecule has 0 saturated carbocycles. The van der Waals surface area contributed by atoms with E-state index in [0.29, 0.717) is 28.9 Å². The van der Waals surface area contributed by atoms with Gasteiger partial charge in [0.1, 0.15) is 0 Å². The highest BCUT2D eigenvalue weighted by atomic mass is 32.2. The van der Waals surface area contributed by atoms with E-state index in [0.717, 1.165) is 0 Å². The highest BCUT2D eigenvalue weighted by molar-refractivity contribution is 7.99. The van der Waals surface area contributed by atoms with Crippen molar-refractivity contribution in [2.75, 3.05) is 11.5 Å². The molecule has 0 amide bonds. The van der Waals surface area contributed by atoms with Gasteiger partial charge in [0, 0.05) is 17.4 Å². The van der Waals surface area contributed by atoms with Crippen LogP contribution >= 0.6 is 11.8 Å². The number of rotatable bonds is 6. The first-order valence-electron chi connectivity index (χ1n) is 5.72. The Morgan fingerprint density at radius 3 is 2.72 bits per heavy atom. The van der Waals surface area contributed by atoms with E-state index in [4.69, 9.17) is 10.8 Å². The average Bonchev–Trinajstić information content (AvgIpc) is 2.65. The molecule has 0 saturated heterocycles. The molecular formula is C11H18N4O2S. The van der Waals surface area contributed by atoms with E-state index in [-0.39, 0.29) is 6.04 Å². The Bertz CT molecular complexity index is 454. The lowest BCUT2D eigenvalue weighted by Crippen LogP contribution is -2.07. The van der Waals surface area contributed by atoms with E-state index in [1.807, 2.05) is 25.3 Å². The summed E-state index contributed by atoms with van der Waals surface area (Å²) in [5.74, 6) is 0.0497. The molecule has 0 aliphatic heterocycles. The van der Waals surface area contributed by atoms with Crippen molar-refractivity contribution < 1.29 is 9.90 Å². The molecule has 1 heterocycles. The molecule has 0 fully saturated rings. The predicted molar refractivity (Wildman–Crippen MR) is 71.6 cm³/mol. The van der Waals surface area contributed by atoms with Crippen molar-refractivity contribution in [3.63, 3.8) is 0 Å². The van der Waals surface area contributed by atoms with Gasteiger partial charge in [-0.15, -0.1) is 10.2 Å². The molecule has 3 N–H and O–H groups in total. The molecule has 1 aromatic heterocycles. The number of carboxylic acids is 1. The van der Waals surface area contributed by atoms with Crippen LogP contribution in [0.3, 0.4) is 0 Å². The maximum Gasteiger partial charge on any atom is 0.331 e. The van der Waals surface area contributed by atoms with Gasteiger partial charge in [0.15, 0.2) is 5.16 Å². The number of carboxylic acid groups (broad SMARTS) is 1. The molecular weight excluding hydrogens is 252 g/mol. The smallest absolute Gasteiger partial charge is 0.331 e. The number of thioether (sulfide) groups is 1. The van der Waals surface area contributed by atoms with Crippen LogP contribution in [0.4, 0.5) is 5.95 Å². The van der Waals surface area contributed by atoms with Crippen molar-refractivity contribution in [3.05, 3.63) is 11.6 Å². The fourth-order valence-corrected chi connectivity index (χ4v) is 2.45. The Kier molecular flexibility index (Phi) is 5.21. The first-order chi connectivity index (χ1) is 8.47. The third-order valence-corrected chi connectivity index (χ3v) is 3.27. The standard InChI is InChI=1S/C11H18N4O2S/c1-4-8(9(16)17)5-6-18-11-14-13-10(12)15(11)7(2)3/h5,7H,4,6H2,1-3H3,(H2,12,13)(H,16,17). The summed E-state index contributed by atoms with van der Waals surface area (Å²) in [6.07, 6.45) is 2.21. The topological polar surface area (TPSA) is 94.0 Å². The van der Waals surface area contributed by atoms with E-state index >= 15 is 0 Å². The second kappa shape index (κ2) is 6.44. The van der Waals surface area contributed by atoms with Crippen LogP contribution in [0, 0.1) is 0 Å². The number of aromatic nitrogens is 3. The van der Waals surface area contributed by atoms with Gasteiger partial charge in [0.2, 0.25) is 5.95 Å². The summed E-state index contributed by atoms with van der Waals surface area (Å²) in [7, 11) is 0. The van der Waals surface area contributed by atoms with Crippen LogP contribution in [0.2, 0.25) is 0 Å². The van der Waals surface area contributed by atoms with Crippen molar-refractivity contribution in [1.29, 1.82) is 0 Å². The minimum Gasteiger partial charge on any atom is -0.478 e. The highest BCUT2D eigenvalue weighted by Crippen LogP contribution is 2.22. The Morgan fingerprint density at radius 2 is 2.22 bits per heavy atom. The van der Waals surface area contributed by atoms with Crippen molar-refractivity contribution in [2.24, 2.45) is 0 Å².